The Bertz CT molecular complexity index is 804. The van der Waals surface area contributed by atoms with Gasteiger partial charge in [0.2, 0.25) is 0 Å². The topological polar surface area (TPSA) is 40.5 Å². The number of anilines is 1. The molecule has 4 heteroatoms. The summed E-state index contributed by atoms with van der Waals surface area (Å²) in [6.07, 6.45) is 0. The van der Waals surface area contributed by atoms with Gasteiger partial charge in [0.1, 0.15) is 11.2 Å². The van der Waals surface area contributed by atoms with Gasteiger partial charge >= 0.3 is 5.97 Å². The SMILES string of the molecule is CCN(Cc1cc(C#CC(C)(C)C(=O)O)ccc1F)c1ccccc1. The maximum Gasteiger partial charge on any atom is 0.321 e. The molecule has 0 aliphatic rings. The highest BCUT2D eigenvalue weighted by Gasteiger charge is 2.23. The fraction of sp³-hybridized carbons (Fsp3) is 0.286. The van der Waals surface area contributed by atoms with Crippen LogP contribution in [0.1, 0.15) is 31.9 Å². The number of hydrogen-bond acceptors (Lipinski definition) is 2. The Morgan fingerprint density at radius 3 is 2.48 bits per heavy atom. The summed E-state index contributed by atoms with van der Waals surface area (Å²) in [5.74, 6) is 4.31. The van der Waals surface area contributed by atoms with Gasteiger partial charge in [-0.15, -0.1) is 0 Å². The smallest absolute Gasteiger partial charge is 0.321 e. The van der Waals surface area contributed by atoms with Crippen molar-refractivity contribution in [1.82, 2.24) is 0 Å². The summed E-state index contributed by atoms with van der Waals surface area (Å²) in [7, 11) is 0. The second kappa shape index (κ2) is 7.85. The first-order valence-corrected chi connectivity index (χ1v) is 8.18. The van der Waals surface area contributed by atoms with Crippen LogP contribution in [-0.4, -0.2) is 17.6 Å². The lowest BCUT2D eigenvalue weighted by Gasteiger charge is -2.23. The highest BCUT2D eigenvalue weighted by atomic mass is 19.1. The van der Waals surface area contributed by atoms with Crippen LogP contribution in [0, 0.1) is 23.1 Å². The number of halogens is 1. The molecule has 0 atom stereocenters. The number of benzene rings is 2. The molecule has 0 saturated carbocycles. The highest BCUT2D eigenvalue weighted by Crippen LogP contribution is 2.19. The number of nitrogens with zero attached hydrogens (tertiary/aromatic N) is 1. The Morgan fingerprint density at radius 1 is 1.20 bits per heavy atom. The van der Waals surface area contributed by atoms with Crippen molar-refractivity contribution in [1.29, 1.82) is 0 Å². The van der Waals surface area contributed by atoms with Crippen molar-refractivity contribution in [2.75, 3.05) is 11.4 Å². The van der Waals surface area contributed by atoms with Crippen LogP contribution in [0.2, 0.25) is 0 Å². The first-order valence-electron chi connectivity index (χ1n) is 8.18. The van der Waals surface area contributed by atoms with Gasteiger partial charge in [-0.1, -0.05) is 30.0 Å². The number of carboxylic acids is 1. The number of carbonyl (C=O) groups is 1. The van der Waals surface area contributed by atoms with Crippen molar-refractivity contribution in [2.45, 2.75) is 27.3 Å². The minimum absolute atomic E-state index is 0.294. The van der Waals surface area contributed by atoms with Crippen LogP contribution in [-0.2, 0) is 11.3 Å². The Balaban J connectivity index is 2.28. The van der Waals surface area contributed by atoms with Crippen LogP contribution in [0.4, 0.5) is 10.1 Å². The summed E-state index contributed by atoms with van der Waals surface area (Å²) in [4.78, 5) is 13.2. The largest absolute Gasteiger partial charge is 0.480 e. The molecule has 2 rings (SSSR count). The fourth-order valence-corrected chi connectivity index (χ4v) is 2.29. The van der Waals surface area contributed by atoms with Crippen molar-refractivity contribution in [3.05, 3.63) is 65.5 Å². The van der Waals surface area contributed by atoms with Crippen molar-refractivity contribution >= 4 is 11.7 Å². The van der Waals surface area contributed by atoms with Gasteiger partial charge in [-0.25, -0.2) is 4.39 Å². The minimum Gasteiger partial charge on any atom is -0.480 e. The van der Waals surface area contributed by atoms with Crippen molar-refractivity contribution in [3.8, 4) is 11.8 Å². The Hall–Kier alpha value is -2.80. The van der Waals surface area contributed by atoms with Crippen molar-refractivity contribution in [3.63, 3.8) is 0 Å². The Morgan fingerprint density at radius 2 is 1.88 bits per heavy atom. The van der Waals surface area contributed by atoms with Gasteiger partial charge in [0.25, 0.3) is 0 Å². The molecule has 130 valence electrons. The molecule has 0 aromatic heterocycles. The van der Waals surface area contributed by atoms with E-state index < -0.39 is 11.4 Å². The molecule has 0 fully saturated rings. The number of hydrogen-bond donors (Lipinski definition) is 1. The third kappa shape index (κ3) is 4.84. The molecule has 0 aliphatic heterocycles. The van der Waals surface area contributed by atoms with E-state index in [4.69, 9.17) is 5.11 Å². The molecular weight excluding hydrogens is 317 g/mol. The zero-order valence-electron chi connectivity index (χ0n) is 14.7. The molecule has 0 unspecified atom stereocenters. The Labute approximate surface area is 148 Å². The molecule has 2 aromatic carbocycles. The predicted molar refractivity (Wildman–Crippen MR) is 97.9 cm³/mol. The maximum atomic E-state index is 14.2. The lowest BCUT2D eigenvalue weighted by molar-refractivity contribution is -0.143. The van der Waals surface area contributed by atoms with E-state index in [9.17, 15) is 9.18 Å². The average molecular weight is 339 g/mol. The third-order valence-electron chi connectivity index (χ3n) is 3.96. The van der Waals surface area contributed by atoms with Crippen LogP contribution in [0.3, 0.4) is 0 Å². The average Bonchev–Trinajstić information content (AvgIpc) is 2.60. The Kier molecular flexibility index (Phi) is 5.82. The lowest BCUT2D eigenvalue weighted by atomic mass is 9.94. The van der Waals surface area contributed by atoms with Crippen LogP contribution in [0.5, 0.6) is 0 Å². The number of para-hydroxylation sites is 1. The van der Waals surface area contributed by atoms with Gasteiger partial charge in [0.05, 0.1) is 0 Å². The van der Waals surface area contributed by atoms with Crippen LogP contribution < -0.4 is 4.90 Å². The van der Waals surface area contributed by atoms with Crippen LogP contribution in [0.25, 0.3) is 0 Å². The summed E-state index contributed by atoms with van der Waals surface area (Å²) in [6.45, 7) is 6.27. The molecule has 0 radical (unpaired) electrons. The van der Waals surface area contributed by atoms with Crippen LogP contribution >= 0.6 is 0 Å². The molecule has 1 N–H and O–H groups in total. The van der Waals surface area contributed by atoms with Gasteiger partial charge in [0, 0.05) is 29.9 Å². The van der Waals surface area contributed by atoms with Crippen molar-refractivity contribution < 1.29 is 14.3 Å². The summed E-state index contributed by atoms with van der Waals surface area (Å²) < 4.78 is 14.2. The summed E-state index contributed by atoms with van der Waals surface area (Å²) in [5, 5.41) is 9.13. The molecule has 3 nitrogen and oxygen atoms in total. The molecule has 0 saturated heterocycles. The van der Waals surface area contributed by atoms with E-state index in [0.29, 0.717) is 17.7 Å². The zero-order valence-corrected chi connectivity index (χ0v) is 14.7. The molecule has 0 amide bonds. The van der Waals surface area contributed by atoms with Crippen LogP contribution in [0.15, 0.2) is 48.5 Å². The normalized spacial score (nSPS) is 10.7. The molecule has 0 spiro atoms. The van der Waals surface area contributed by atoms with E-state index in [-0.39, 0.29) is 5.82 Å². The highest BCUT2D eigenvalue weighted by molar-refractivity contribution is 5.77. The molecule has 25 heavy (non-hydrogen) atoms. The molecule has 0 aliphatic carbocycles. The minimum atomic E-state index is -1.14. The van der Waals surface area contributed by atoms with Gasteiger partial charge < -0.3 is 10.0 Å². The maximum absolute atomic E-state index is 14.2. The number of carboxylic acid groups (broad SMARTS) is 1. The zero-order chi connectivity index (χ0) is 18.4. The van der Waals surface area contributed by atoms with E-state index in [1.165, 1.54) is 6.07 Å². The molecular formula is C21H22FNO2. The summed E-state index contributed by atoms with van der Waals surface area (Å²) >= 11 is 0. The summed E-state index contributed by atoms with van der Waals surface area (Å²) in [6, 6.07) is 14.5. The van der Waals surface area contributed by atoms with E-state index in [1.807, 2.05) is 37.3 Å². The summed E-state index contributed by atoms with van der Waals surface area (Å²) in [5.41, 5.74) is 1.02. The molecule has 0 bridgehead atoms. The van der Waals surface area contributed by atoms with Gasteiger partial charge in [-0.2, -0.15) is 0 Å². The van der Waals surface area contributed by atoms with E-state index in [1.54, 1.807) is 26.0 Å². The standard InChI is InChI=1S/C21H22FNO2/c1-4-23(18-8-6-5-7-9-18)15-17-14-16(10-11-19(17)22)12-13-21(2,3)20(24)25/h5-11,14H,4,15H2,1-3H3,(H,24,25). The number of aliphatic carboxylic acids is 1. The number of rotatable bonds is 5. The van der Waals surface area contributed by atoms with E-state index in [0.717, 1.165) is 12.2 Å². The first-order chi connectivity index (χ1) is 11.8. The van der Waals surface area contributed by atoms with Gasteiger partial charge in [0.15, 0.2) is 0 Å². The fourth-order valence-electron chi connectivity index (χ4n) is 2.29. The molecule has 0 heterocycles. The van der Waals surface area contributed by atoms with Crippen molar-refractivity contribution in [2.24, 2.45) is 5.41 Å². The van der Waals surface area contributed by atoms with E-state index >= 15 is 0 Å². The third-order valence-corrected chi connectivity index (χ3v) is 3.96. The van der Waals surface area contributed by atoms with Gasteiger partial charge in [-0.05, 0) is 51.1 Å². The quantitative estimate of drug-likeness (QED) is 0.825. The van der Waals surface area contributed by atoms with Gasteiger partial charge in [-0.3, -0.25) is 4.79 Å². The monoisotopic (exact) mass is 339 g/mol. The predicted octanol–water partition coefficient (Wildman–Crippen LogP) is 4.31. The van der Waals surface area contributed by atoms with E-state index in [2.05, 4.69) is 16.7 Å². The lowest BCUT2D eigenvalue weighted by Crippen LogP contribution is -2.22. The second-order valence-electron chi connectivity index (χ2n) is 6.34. The first kappa shape index (κ1) is 18.5. The molecule has 2 aromatic rings. The second-order valence-corrected chi connectivity index (χ2v) is 6.34.